The highest BCUT2D eigenvalue weighted by atomic mass is 35.5. The first-order chi connectivity index (χ1) is 9.45. The molecule has 1 aromatic carbocycles. The van der Waals surface area contributed by atoms with Crippen LogP contribution in [0.15, 0.2) is 28.4 Å². The SMILES string of the molecule is CC1=NNCN1C(F)F.[N-]=[N+]=Nc1ccc(Cl)cc1Cl. The van der Waals surface area contributed by atoms with E-state index in [9.17, 15) is 8.78 Å². The molecule has 0 radical (unpaired) electrons. The number of hydrazone groups is 1. The second-order valence-corrected chi connectivity index (χ2v) is 4.35. The molecule has 0 saturated carbocycles. The highest BCUT2D eigenvalue weighted by Crippen LogP contribution is 2.27. The molecule has 1 aromatic rings. The van der Waals surface area contributed by atoms with Gasteiger partial charge in [0, 0.05) is 9.93 Å². The summed E-state index contributed by atoms with van der Waals surface area (Å²) in [6.07, 6.45) is 0. The summed E-state index contributed by atoms with van der Waals surface area (Å²) in [6, 6.07) is 4.69. The molecule has 108 valence electrons. The maximum Gasteiger partial charge on any atom is 0.317 e. The number of hydrogen-bond donors (Lipinski definition) is 1. The van der Waals surface area contributed by atoms with Crippen LogP contribution in [0.2, 0.25) is 10.0 Å². The van der Waals surface area contributed by atoms with Crippen molar-refractivity contribution in [3.05, 3.63) is 38.7 Å². The van der Waals surface area contributed by atoms with Crippen molar-refractivity contribution < 1.29 is 8.78 Å². The number of azide groups is 1. The second kappa shape index (κ2) is 7.74. The molecule has 1 heterocycles. The number of nitrogens with one attached hydrogen (secondary N) is 1. The molecule has 0 aliphatic carbocycles. The first kappa shape index (κ1) is 16.3. The fraction of sp³-hybridized carbons (Fsp3) is 0.300. The van der Waals surface area contributed by atoms with E-state index in [2.05, 4.69) is 20.6 Å². The largest absolute Gasteiger partial charge is 0.317 e. The molecule has 1 aliphatic rings. The van der Waals surface area contributed by atoms with Crippen molar-refractivity contribution in [3.63, 3.8) is 0 Å². The lowest BCUT2D eigenvalue weighted by Gasteiger charge is -2.13. The first-order valence-electron chi connectivity index (χ1n) is 5.27. The zero-order valence-corrected chi connectivity index (χ0v) is 11.8. The Balaban J connectivity index is 0.000000204. The van der Waals surface area contributed by atoms with Crippen molar-refractivity contribution in [3.8, 4) is 0 Å². The third-order valence-corrected chi connectivity index (χ3v) is 2.73. The van der Waals surface area contributed by atoms with Gasteiger partial charge in [-0.3, -0.25) is 10.3 Å². The summed E-state index contributed by atoms with van der Waals surface area (Å²) in [7, 11) is 0. The zero-order chi connectivity index (χ0) is 15.1. The molecule has 6 nitrogen and oxygen atoms in total. The third-order valence-electron chi connectivity index (χ3n) is 2.20. The molecule has 0 amide bonds. The van der Waals surface area contributed by atoms with Crippen molar-refractivity contribution in [2.75, 3.05) is 6.67 Å². The average Bonchev–Trinajstić information content (AvgIpc) is 2.80. The molecule has 1 aliphatic heterocycles. The van der Waals surface area contributed by atoms with Crippen LogP contribution >= 0.6 is 23.2 Å². The molecule has 0 spiro atoms. The lowest BCUT2D eigenvalue weighted by atomic mass is 10.3. The Bertz CT molecular complexity index is 545. The fourth-order valence-corrected chi connectivity index (χ4v) is 1.67. The summed E-state index contributed by atoms with van der Waals surface area (Å²) in [5, 5.41) is 7.77. The van der Waals surface area contributed by atoms with Gasteiger partial charge in [-0.15, -0.1) is 0 Å². The van der Waals surface area contributed by atoms with Gasteiger partial charge in [0.1, 0.15) is 12.5 Å². The Labute approximate surface area is 123 Å². The van der Waals surface area contributed by atoms with E-state index in [1.54, 1.807) is 12.1 Å². The lowest BCUT2D eigenvalue weighted by molar-refractivity contribution is 0.0239. The summed E-state index contributed by atoms with van der Waals surface area (Å²) in [5.74, 6) is 0.338. The molecule has 0 atom stereocenters. The van der Waals surface area contributed by atoms with E-state index in [0.29, 0.717) is 21.6 Å². The second-order valence-electron chi connectivity index (χ2n) is 3.51. The van der Waals surface area contributed by atoms with Crippen LogP contribution in [-0.4, -0.2) is 24.0 Å². The van der Waals surface area contributed by atoms with Gasteiger partial charge in [0.25, 0.3) is 0 Å². The van der Waals surface area contributed by atoms with Crippen LogP contribution in [-0.2, 0) is 0 Å². The molecule has 0 aromatic heterocycles. The minimum absolute atomic E-state index is 0.115. The van der Waals surface area contributed by atoms with Crippen LogP contribution in [0.4, 0.5) is 14.5 Å². The van der Waals surface area contributed by atoms with E-state index in [-0.39, 0.29) is 6.67 Å². The van der Waals surface area contributed by atoms with Crippen molar-refractivity contribution in [1.29, 1.82) is 0 Å². The van der Waals surface area contributed by atoms with Gasteiger partial charge in [-0.1, -0.05) is 28.3 Å². The number of benzene rings is 1. The Kier molecular flexibility index (Phi) is 6.30. The van der Waals surface area contributed by atoms with Crippen LogP contribution in [0, 0.1) is 0 Å². The van der Waals surface area contributed by atoms with Crippen molar-refractivity contribution in [1.82, 2.24) is 10.3 Å². The first-order valence-corrected chi connectivity index (χ1v) is 6.03. The standard InChI is InChI=1S/C6H3Cl2N3.C4H7F2N3/c7-4-1-2-6(10-11-9)5(8)3-4;1-3-8-7-2-9(3)4(5)6/h1-3H;4,7H,2H2,1H3. The summed E-state index contributed by atoms with van der Waals surface area (Å²) in [6.45, 7) is -0.793. The number of alkyl halides is 2. The normalized spacial score (nSPS) is 13.1. The molecule has 0 fully saturated rings. The van der Waals surface area contributed by atoms with Crippen molar-refractivity contribution in [2.45, 2.75) is 13.5 Å². The van der Waals surface area contributed by atoms with E-state index in [4.69, 9.17) is 28.7 Å². The van der Waals surface area contributed by atoms with Gasteiger partial charge < -0.3 is 0 Å². The lowest BCUT2D eigenvalue weighted by Crippen LogP contribution is -2.32. The van der Waals surface area contributed by atoms with Gasteiger partial charge in [-0.25, -0.2) is 0 Å². The van der Waals surface area contributed by atoms with Gasteiger partial charge in [0.05, 0.1) is 10.7 Å². The number of halogens is 4. The molecule has 10 heteroatoms. The predicted molar refractivity (Wildman–Crippen MR) is 74.2 cm³/mol. The van der Waals surface area contributed by atoms with Crippen LogP contribution < -0.4 is 5.43 Å². The minimum atomic E-state index is -2.44. The summed E-state index contributed by atoms with van der Waals surface area (Å²) >= 11 is 11.3. The van der Waals surface area contributed by atoms with E-state index in [0.717, 1.165) is 4.90 Å². The highest BCUT2D eigenvalue weighted by molar-refractivity contribution is 6.36. The summed E-state index contributed by atoms with van der Waals surface area (Å²) in [4.78, 5) is 3.47. The smallest absolute Gasteiger partial charge is 0.289 e. The molecule has 20 heavy (non-hydrogen) atoms. The van der Waals surface area contributed by atoms with Crippen molar-refractivity contribution in [2.24, 2.45) is 10.2 Å². The van der Waals surface area contributed by atoms with Crippen LogP contribution in [0.25, 0.3) is 10.4 Å². The van der Waals surface area contributed by atoms with Crippen LogP contribution in [0.3, 0.4) is 0 Å². The number of nitrogens with zero attached hydrogens (tertiary/aromatic N) is 5. The Morgan fingerprint density at radius 2 is 2.20 bits per heavy atom. The summed E-state index contributed by atoms with van der Waals surface area (Å²) in [5.41, 5.74) is 10.9. The fourth-order valence-electron chi connectivity index (χ4n) is 1.23. The van der Waals surface area contributed by atoms with Gasteiger partial charge in [-0.05, 0) is 30.7 Å². The van der Waals surface area contributed by atoms with Crippen molar-refractivity contribution >= 4 is 34.7 Å². The predicted octanol–water partition coefficient (Wildman–Crippen LogP) is 4.34. The average molecular weight is 323 g/mol. The monoisotopic (exact) mass is 322 g/mol. The van der Waals surface area contributed by atoms with Crippen LogP contribution in [0.5, 0.6) is 0 Å². The topological polar surface area (TPSA) is 76.4 Å². The molecular formula is C10H10Cl2F2N6. The van der Waals surface area contributed by atoms with E-state index < -0.39 is 6.55 Å². The van der Waals surface area contributed by atoms with Crippen LogP contribution in [0.1, 0.15) is 6.92 Å². The molecule has 2 rings (SSSR count). The Hall–Kier alpha value is -1.76. The molecule has 0 bridgehead atoms. The minimum Gasteiger partial charge on any atom is -0.289 e. The van der Waals surface area contributed by atoms with Gasteiger partial charge in [-0.2, -0.15) is 13.9 Å². The molecular weight excluding hydrogens is 313 g/mol. The number of rotatable bonds is 2. The van der Waals surface area contributed by atoms with E-state index in [1.807, 2.05) is 0 Å². The highest BCUT2D eigenvalue weighted by Gasteiger charge is 2.20. The number of hydrogen-bond acceptors (Lipinski definition) is 4. The Morgan fingerprint density at radius 3 is 2.60 bits per heavy atom. The van der Waals surface area contributed by atoms with E-state index >= 15 is 0 Å². The molecule has 1 N–H and O–H groups in total. The van der Waals surface area contributed by atoms with Gasteiger partial charge in [0.2, 0.25) is 0 Å². The van der Waals surface area contributed by atoms with E-state index in [1.165, 1.54) is 13.0 Å². The van der Waals surface area contributed by atoms with Gasteiger partial charge in [0.15, 0.2) is 0 Å². The van der Waals surface area contributed by atoms with Gasteiger partial charge >= 0.3 is 6.55 Å². The Morgan fingerprint density at radius 1 is 1.50 bits per heavy atom. The summed E-state index contributed by atoms with van der Waals surface area (Å²) < 4.78 is 23.6. The molecule has 0 saturated heterocycles. The quantitative estimate of drug-likeness (QED) is 0.380. The molecule has 0 unspecified atom stereocenters. The number of amidine groups is 1. The maximum absolute atomic E-state index is 11.8. The zero-order valence-electron chi connectivity index (χ0n) is 10.3. The third kappa shape index (κ3) is 4.73. The maximum atomic E-state index is 11.8.